The monoisotopic (exact) mass is 322 g/mol. The third kappa shape index (κ3) is 5.89. The maximum absolute atomic E-state index is 11.6. The van der Waals surface area contributed by atoms with Crippen LogP contribution in [0.3, 0.4) is 0 Å². The molecule has 0 radical (unpaired) electrons. The first-order valence-corrected chi connectivity index (χ1v) is 7.15. The van der Waals surface area contributed by atoms with Crippen LogP contribution in [-0.2, 0) is 4.79 Å². The van der Waals surface area contributed by atoms with Gasteiger partial charge in [0.2, 0.25) is 9.70 Å². The molecule has 0 aliphatic heterocycles. The number of benzene rings is 1. The van der Waals surface area contributed by atoms with E-state index in [2.05, 4.69) is 10.6 Å². The Morgan fingerprint density at radius 3 is 2.58 bits per heavy atom. The van der Waals surface area contributed by atoms with E-state index < -0.39 is 9.96 Å². The average molecular weight is 324 g/mol. The van der Waals surface area contributed by atoms with Crippen molar-refractivity contribution in [2.24, 2.45) is 0 Å². The molecule has 1 atom stereocenters. The number of carbonyl (C=O) groups excluding carboxylic acids is 1. The Kier molecular flexibility index (Phi) is 6.24. The SMILES string of the molecule is CCCC(=O)NC(Nc1cccc(C)c1)C(Cl)(Cl)Cl. The first-order valence-electron chi connectivity index (χ1n) is 6.02. The van der Waals surface area contributed by atoms with Gasteiger partial charge in [-0.25, -0.2) is 0 Å². The summed E-state index contributed by atoms with van der Waals surface area (Å²) >= 11 is 17.7. The number of hydrogen-bond acceptors (Lipinski definition) is 2. The van der Waals surface area contributed by atoms with Crippen LogP contribution in [0.5, 0.6) is 0 Å². The minimum absolute atomic E-state index is 0.154. The van der Waals surface area contributed by atoms with Crippen LogP contribution in [-0.4, -0.2) is 15.9 Å². The Bertz CT molecular complexity index is 432. The lowest BCUT2D eigenvalue weighted by molar-refractivity contribution is -0.121. The number of carbonyl (C=O) groups is 1. The van der Waals surface area contributed by atoms with Crippen LogP contribution in [0.2, 0.25) is 0 Å². The lowest BCUT2D eigenvalue weighted by atomic mass is 10.2. The second-order valence-corrected chi connectivity index (χ2v) is 6.67. The zero-order valence-corrected chi connectivity index (χ0v) is 13.1. The fraction of sp³-hybridized carbons (Fsp3) is 0.462. The van der Waals surface area contributed by atoms with Crippen LogP contribution in [0.4, 0.5) is 5.69 Å². The maximum atomic E-state index is 11.6. The molecule has 1 rings (SSSR count). The normalized spacial score (nSPS) is 12.9. The molecule has 1 amide bonds. The highest BCUT2D eigenvalue weighted by molar-refractivity contribution is 6.68. The molecular formula is C13H17Cl3N2O. The van der Waals surface area contributed by atoms with E-state index in [9.17, 15) is 4.79 Å². The van der Waals surface area contributed by atoms with Gasteiger partial charge < -0.3 is 10.6 Å². The Morgan fingerprint density at radius 2 is 2.05 bits per heavy atom. The summed E-state index contributed by atoms with van der Waals surface area (Å²) in [6.07, 6.45) is 0.355. The average Bonchev–Trinajstić information content (AvgIpc) is 2.27. The molecule has 106 valence electrons. The molecule has 0 aliphatic rings. The van der Waals surface area contributed by atoms with Crippen LogP contribution in [0.1, 0.15) is 25.3 Å². The fourth-order valence-corrected chi connectivity index (χ4v) is 1.89. The third-order valence-electron chi connectivity index (χ3n) is 2.44. The number of alkyl halides is 3. The highest BCUT2D eigenvalue weighted by atomic mass is 35.6. The Morgan fingerprint density at radius 1 is 1.37 bits per heavy atom. The molecule has 0 saturated heterocycles. The zero-order valence-electron chi connectivity index (χ0n) is 10.8. The predicted molar refractivity (Wildman–Crippen MR) is 81.9 cm³/mol. The number of nitrogens with one attached hydrogen (secondary N) is 2. The molecule has 0 aliphatic carbocycles. The highest BCUT2D eigenvalue weighted by Gasteiger charge is 2.33. The Hall–Kier alpha value is -0.640. The topological polar surface area (TPSA) is 41.1 Å². The summed E-state index contributed by atoms with van der Waals surface area (Å²) in [5.41, 5.74) is 1.86. The van der Waals surface area contributed by atoms with Crippen molar-refractivity contribution >= 4 is 46.4 Å². The van der Waals surface area contributed by atoms with Crippen molar-refractivity contribution in [2.45, 2.75) is 36.6 Å². The van der Waals surface area contributed by atoms with E-state index in [1.165, 1.54) is 0 Å². The van der Waals surface area contributed by atoms with E-state index in [0.717, 1.165) is 17.7 Å². The lowest BCUT2D eigenvalue weighted by Gasteiger charge is -2.27. The Balaban J connectivity index is 2.78. The van der Waals surface area contributed by atoms with Gasteiger partial charge in [-0.1, -0.05) is 53.9 Å². The maximum Gasteiger partial charge on any atom is 0.228 e. The van der Waals surface area contributed by atoms with Crippen molar-refractivity contribution in [3.8, 4) is 0 Å². The van der Waals surface area contributed by atoms with Crippen molar-refractivity contribution < 1.29 is 4.79 Å². The van der Waals surface area contributed by atoms with E-state index in [4.69, 9.17) is 34.8 Å². The number of hydrogen-bond donors (Lipinski definition) is 2. The fourth-order valence-electron chi connectivity index (χ4n) is 1.56. The van der Waals surface area contributed by atoms with Crippen LogP contribution in [0.25, 0.3) is 0 Å². The van der Waals surface area contributed by atoms with E-state index in [-0.39, 0.29) is 5.91 Å². The minimum atomic E-state index is -1.63. The van der Waals surface area contributed by atoms with Crippen molar-refractivity contribution in [3.05, 3.63) is 29.8 Å². The summed E-state index contributed by atoms with van der Waals surface area (Å²) in [4.78, 5) is 11.6. The molecule has 19 heavy (non-hydrogen) atoms. The smallest absolute Gasteiger partial charge is 0.228 e. The van der Waals surface area contributed by atoms with E-state index in [0.29, 0.717) is 6.42 Å². The van der Waals surface area contributed by atoms with Gasteiger partial charge in [-0.05, 0) is 31.0 Å². The van der Waals surface area contributed by atoms with Gasteiger partial charge in [0.25, 0.3) is 0 Å². The summed E-state index contributed by atoms with van der Waals surface area (Å²) in [7, 11) is 0. The Labute approximate surface area is 128 Å². The molecule has 1 aromatic rings. The number of halogens is 3. The molecule has 0 heterocycles. The molecule has 0 bridgehead atoms. The quantitative estimate of drug-likeness (QED) is 0.635. The first kappa shape index (κ1) is 16.4. The van der Waals surface area contributed by atoms with Gasteiger partial charge in [0.15, 0.2) is 0 Å². The number of amides is 1. The van der Waals surface area contributed by atoms with Crippen LogP contribution < -0.4 is 10.6 Å². The minimum Gasteiger partial charge on any atom is -0.362 e. The second kappa shape index (κ2) is 7.22. The molecule has 0 fully saturated rings. The second-order valence-electron chi connectivity index (χ2n) is 4.31. The summed E-state index contributed by atoms with van der Waals surface area (Å²) in [6, 6.07) is 7.62. The van der Waals surface area contributed by atoms with Gasteiger partial charge >= 0.3 is 0 Å². The molecule has 3 nitrogen and oxygen atoms in total. The van der Waals surface area contributed by atoms with Gasteiger partial charge in [-0.2, -0.15) is 0 Å². The molecule has 0 aromatic heterocycles. The van der Waals surface area contributed by atoms with Crippen molar-refractivity contribution in [2.75, 3.05) is 5.32 Å². The molecular weight excluding hydrogens is 307 g/mol. The molecule has 6 heteroatoms. The standard InChI is InChI=1S/C13H17Cl3N2O/c1-3-5-11(19)18-12(13(14,15)16)17-10-7-4-6-9(2)8-10/h4,6-8,12,17H,3,5H2,1-2H3,(H,18,19). The van der Waals surface area contributed by atoms with Crippen LogP contribution >= 0.6 is 34.8 Å². The van der Waals surface area contributed by atoms with E-state index >= 15 is 0 Å². The molecule has 2 N–H and O–H groups in total. The molecule has 0 saturated carbocycles. The highest BCUT2D eigenvalue weighted by Crippen LogP contribution is 2.31. The van der Waals surface area contributed by atoms with Crippen LogP contribution in [0.15, 0.2) is 24.3 Å². The van der Waals surface area contributed by atoms with Crippen LogP contribution in [0, 0.1) is 6.92 Å². The van der Waals surface area contributed by atoms with Crippen molar-refractivity contribution in [3.63, 3.8) is 0 Å². The van der Waals surface area contributed by atoms with Gasteiger partial charge in [0.05, 0.1) is 0 Å². The number of aryl methyl sites for hydroxylation is 1. The van der Waals surface area contributed by atoms with E-state index in [1.807, 2.05) is 38.1 Å². The largest absolute Gasteiger partial charge is 0.362 e. The van der Waals surface area contributed by atoms with E-state index in [1.54, 1.807) is 0 Å². The number of rotatable bonds is 5. The van der Waals surface area contributed by atoms with Gasteiger partial charge in [-0.15, -0.1) is 0 Å². The first-order chi connectivity index (χ1) is 8.82. The molecule has 1 aromatic carbocycles. The third-order valence-corrected chi connectivity index (χ3v) is 3.09. The summed E-state index contributed by atoms with van der Waals surface area (Å²) in [5.74, 6) is -0.154. The lowest BCUT2D eigenvalue weighted by Crippen LogP contribution is -2.49. The van der Waals surface area contributed by atoms with Crippen molar-refractivity contribution in [1.29, 1.82) is 0 Å². The van der Waals surface area contributed by atoms with Gasteiger partial charge in [0, 0.05) is 12.1 Å². The summed E-state index contributed by atoms with van der Waals surface area (Å²) in [6.45, 7) is 3.88. The van der Waals surface area contributed by atoms with Crippen molar-refractivity contribution in [1.82, 2.24) is 5.32 Å². The summed E-state index contributed by atoms with van der Waals surface area (Å²) in [5, 5.41) is 5.70. The zero-order chi connectivity index (χ0) is 14.5. The van der Waals surface area contributed by atoms with Gasteiger partial charge in [0.1, 0.15) is 6.17 Å². The molecule has 0 spiro atoms. The summed E-state index contributed by atoms with van der Waals surface area (Å²) < 4.78 is -1.63. The number of anilines is 1. The predicted octanol–water partition coefficient (Wildman–Crippen LogP) is 4.02. The molecule has 1 unspecified atom stereocenters. The van der Waals surface area contributed by atoms with Gasteiger partial charge in [-0.3, -0.25) is 4.79 Å².